The smallest absolute Gasteiger partial charge is 0.325 e. The van der Waals surface area contributed by atoms with Crippen LogP contribution in [0.5, 0.6) is 0 Å². The van der Waals surface area contributed by atoms with Crippen molar-refractivity contribution < 1.29 is 4.79 Å². The first-order chi connectivity index (χ1) is 11.9. The van der Waals surface area contributed by atoms with E-state index in [4.69, 9.17) is 0 Å². The van der Waals surface area contributed by atoms with Gasteiger partial charge in [0.05, 0.1) is 17.6 Å². The average Bonchev–Trinajstić information content (AvgIpc) is 3.23. The van der Waals surface area contributed by atoms with Crippen LogP contribution in [0.4, 0.5) is 5.82 Å². The Kier molecular flexibility index (Phi) is 3.21. The fourth-order valence-electron chi connectivity index (χ4n) is 3.16. The van der Waals surface area contributed by atoms with Crippen molar-refractivity contribution >= 4 is 22.8 Å². The van der Waals surface area contributed by atoms with Crippen LogP contribution < -0.4 is 16.6 Å². The summed E-state index contributed by atoms with van der Waals surface area (Å²) in [4.78, 5) is 37.2. The second-order valence-corrected chi connectivity index (χ2v) is 6.38. The second-order valence-electron chi connectivity index (χ2n) is 6.38. The van der Waals surface area contributed by atoms with Crippen LogP contribution in [-0.4, -0.2) is 29.4 Å². The molecule has 0 radical (unpaired) electrons. The van der Waals surface area contributed by atoms with Crippen molar-refractivity contribution in [3.63, 3.8) is 0 Å². The van der Waals surface area contributed by atoms with Gasteiger partial charge in [0.25, 0.3) is 11.5 Å². The van der Waals surface area contributed by atoms with E-state index < -0.39 is 11.2 Å². The predicted octanol–water partition coefficient (Wildman–Crippen LogP) is 0.359. The molecule has 0 bridgehead atoms. The minimum absolute atomic E-state index is 0.303. The molecule has 9 nitrogen and oxygen atoms in total. The molecule has 1 aliphatic carbocycles. The summed E-state index contributed by atoms with van der Waals surface area (Å²) in [7, 11) is 4.66. The number of aryl methyl sites for hydroxylation is 2. The van der Waals surface area contributed by atoms with Crippen molar-refractivity contribution in [1.29, 1.82) is 0 Å². The number of nitrogens with one attached hydrogen (secondary N) is 1. The molecule has 4 rings (SSSR count). The Morgan fingerprint density at radius 3 is 2.56 bits per heavy atom. The first kappa shape index (κ1) is 15.4. The maximum atomic E-state index is 12.7. The third-order valence-corrected chi connectivity index (χ3v) is 4.66. The van der Waals surface area contributed by atoms with E-state index in [-0.39, 0.29) is 5.91 Å². The number of anilines is 1. The second kappa shape index (κ2) is 5.20. The molecule has 1 fully saturated rings. The maximum absolute atomic E-state index is 12.7. The van der Waals surface area contributed by atoms with E-state index in [2.05, 4.69) is 10.4 Å². The highest BCUT2D eigenvalue weighted by molar-refractivity contribution is 6.05. The molecule has 0 unspecified atom stereocenters. The van der Waals surface area contributed by atoms with Crippen LogP contribution in [0.15, 0.2) is 27.9 Å². The molecule has 3 aromatic heterocycles. The van der Waals surface area contributed by atoms with Crippen LogP contribution in [0.25, 0.3) is 11.0 Å². The van der Waals surface area contributed by atoms with Gasteiger partial charge in [-0.25, -0.2) is 9.48 Å². The molecule has 0 spiro atoms. The van der Waals surface area contributed by atoms with E-state index in [1.165, 1.54) is 17.7 Å². The van der Waals surface area contributed by atoms with Gasteiger partial charge in [-0.2, -0.15) is 5.10 Å². The van der Waals surface area contributed by atoms with E-state index >= 15 is 0 Å². The summed E-state index contributed by atoms with van der Waals surface area (Å²) < 4.78 is 5.76. The van der Waals surface area contributed by atoms with Crippen LogP contribution in [-0.2, 0) is 21.1 Å². The van der Waals surface area contributed by atoms with Crippen molar-refractivity contribution in [3.05, 3.63) is 44.9 Å². The highest BCUT2D eigenvalue weighted by Crippen LogP contribution is 2.36. The summed E-state index contributed by atoms with van der Waals surface area (Å²) in [5.74, 6) is 0.273. The summed E-state index contributed by atoms with van der Waals surface area (Å²) >= 11 is 0. The zero-order valence-electron chi connectivity index (χ0n) is 14.2. The van der Waals surface area contributed by atoms with Gasteiger partial charge in [0.1, 0.15) is 17.2 Å². The third kappa shape index (κ3) is 2.23. The Balaban J connectivity index is 1.80. The van der Waals surface area contributed by atoms with Gasteiger partial charge in [-0.15, -0.1) is 0 Å². The standard InChI is InChI=1S/C16H18N6O3/c1-19-11(8-10-14(19)20(2)16(25)21(3)15(10)24)13(23)18-12-6-7-17-22(12)9-4-5-9/h6-9H,4-5H2,1-3H3,(H,18,23). The van der Waals surface area contributed by atoms with Crippen LogP contribution in [0.1, 0.15) is 29.4 Å². The van der Waals surface area contributed by atoms with Crippen molar-refractivity contribution in [3.8, 4) is 0 Å². The zero-order chi connectivity index (χ0) is 17.9. The predicted molar refractivity (Wildman–Crippen MR) is 91.9 cm³/mol. The lowest BCUT2D eigenvalue weighted by atomic mass is 10.3. The summed E-state index contributed by atoms with van der Waals surface area (Å²) in [6, 6.07) is 3.60. The molecule has 0 saturated heterocycles. The van der Waals surface area contributed by atoms with Crippen molar-refractivity contribution in [2.75, 3.05) is 5.32 Å². The van der Waals surface area contributed by atoms with Crippen molar-refractivity contribution in [2.45, 2.75) is 18.9 Å². The van der Waals surface area contributed by atoms with Gasteiger partial charge < -0.3 is 9.88 Å². The lowest BCUT2D eigenvalue weighted by molar-refractivity contribution is 0.101. The minimum Gasteiger partial charge on any atom is -0.325 e. The Hall–Kier alpha value is -3.10. The number of nitrogens with zero attached hydrogens (tertiary/aromatic N) is 5. The molecule has 3 aromatic rings. The first-order valence-corrected chi connectivity index (χ1v) is 8.00. The Morgan fingerprint density at radius 2 is 1.88 bits per heavy atom. The van der Waals surface area contributed by atoms with Crippen molar-refractivity contribution in [2.24, 2.45) is 21.1 Å². The number of aromatic nitrogens is 5. The first-order valence-electron chi connectivity index (χ1n) is 8.00. The summed E-state index contributed by atoms with van der Waals surface area (Å²) in [5.41, 5.74) is -0.140. The summed E-state index contributed by atoms with van der Waals surface area (Å²) in [5, 5.41) is 7.41. The SMILES string of the molecule is Cn1c(=O)c2cc(C(=O)Nc3ccnn3C3CC3)n(C)c2n(C)c1=O. The van der Waals surface area contributed by atoms with E-state index in [1.54, 1.807) is 35.6 Å². The molecule has 1 aliphatic rings. The number of fused-ring (bicyclic) bond motifs is 1. The van der Waals surface area contributed by atoms with Gasteiger partial charge in [-0.3, -0.25) is 18.7 Å². The van der Waals surface area contributed by atoms with Crippen LogP contribution in [0.2, 0.25) is 0 Å². The number of carbonyl (C=O) groups is 1. The number of hydrogen-bond donors (Lipinski definition) is 1. The van der Waals surface area contributed by atoms with Gasteiger partial charge in [0.2, 0.25) is 0 Å². The molecule has 1 amide bonds. The quantitative estimate of drug-likeness (QED) is 0.743. The van der Waals surface area contributed by atoms with Gasteiger partial charge >= 0.3 is 5.69 Å². The molecule has 1 saturated carbocycles. The van der Waals surface area contributed by atoms with Crippen LogP contribution in [0.3, 0.4) is 0 Å². The monoisotopic (exact) mass is 342 g/mol. The van der Waals surface area contributed by atoms with E-state index in [9.17, 15) is 14.4 Å². The molecule has 0 aromatic carbocycles. The molecule has 9 heteroatoms. The molecule has 0 atom stereocenters. The average molecular weight is 342 g/mol. The Labute approximate surface area is 142 Å². The number of rotatable bonds is 3. The lowest BCUT2D eigenvalue weighted by Gasteiger charge is -2.09. The molecule has 1 N–H and O–H groups in total. The van der Waals surface area contributed by atoms with E-state index in [0.29, 0.717) is 28.6 Å². The van der Waals surface area contributed by atoms with Gasteiger partial charge in [-0.1, -0.05) is 0 Å². The molecule has 3 heterocycles. The molecular weight excluding hydrogens is 324 g/mol. The van der Waals surface area contributed by atoms with Gasteiger partial charge in [-0.05, 0) is 18.9 Å². The number of hydrogen-bond acceptors (Lipinski definition) is 4. The summed E-state index contributed by atoms with van der Waals surface area (Å²) in [6.45, 7) is 0. The Morgan fingerprint density at radius 1 is 1.16 bits per heavy atom. The number of amides is 1. The highest BCUT2D eigenvalue weighted by atomic mass is 16.2. The van der Waals surface area contributed by atoms with E-state index in [1.807, 2.05) is 0 Å². The third-order valence-electron chi connectivity index (χ3n) is 4.66. The Bertz CT molecular complexity index is 1130. The van der Waals surface area contributed by atoms with E-state index in [0.717, 1.165) is 17.4 Å². The maximum Gasteiger partial charge on any atom is 0.332 e. The fraction of sp³-hybridized carbons (Fsp3) is 0.375. The lowest BCUT2D eigenvalue weighted by Crippen LogP contribution is -2.37. The molecular formula is C16H18N6O3. The highest BCUT2D eigenvalue weighted by Gasteiger charge is 2.27. The molecule has 25 heavy (non-hydrogen) atoms. The minimum atomic E-state index is -0.433. The zero-order valence-corrected chi connectivity index (χ0v) is 14.2. The van der Waals surface area contributed by atoms with Crippen LogP contribution >= 0.6 is 0 Å². The van der Waals surface area contributed by atoms with Crippen molar-refractivity contribution in [1.82, 2.24) is 23.5 Å². The largest absolute Gasteiger partial charge is 0.332 e. The molecule has 130 valence electrons. The topological polar surface area (TPSA) is 95.8 Å². The molecule has 0 aliphatic heterocycles. The fourth-order valence-corrected chi connectivity index (χ4v) is 3.16. The van der Waals surface area contributed by atoms with Gasteiger partial charge in [0, 0.05) is 27.2 Å². The number of carbonyl (C=O) groups excluding carboxylic acids is 1. The normalized spacial score (nSPS) is 14.2. The van der Waals surface area contributed by atoms with Crippen LogP contribution in [0, 0.1) is 0 Å². The summed E-state index contributed by atoms with van der Waals surface area (Å²) in [6.07, 6.45) is 3.75. The van der Waals surface area contributed by atoms with Gasteiger partial charge in [0.15, 0.2) is 0 Å².